The van der Waals surface area contributed by atoms with Gasteiger partial charge in [0.05, 0.1) is 12.6 Å². The quantitative estimate of drug-likeness (QED) is 0.772. The minimum atomic E-state index is 0.0470. The molecule has 3 aromatic rings. The number of benzene rings is 2. The first kappa shape index (κ1) is 14.5. The van der Waals surface area contributed by atoms with Gasteiger partial charge in [0.25, 0.3) is 0 Å². The number of H-pyrrole nitrogens is 1. The van der Waals surface area contributed by atoms with Crippen LogP contribution in [0.15, 0.2) is 54.6 Å². The number of aromatic nitrogens is 1. The third-order valence-corrected chi connectivity index (χ3v) is 5.14. The molecule has 0 amide bonds. The summed E-state index contributed by atoms with van der Waals surface area (Å²) >= 11 is 0. The maximum Gasteiger partial charge on any atom is 0.0628 e. The first-order chi connectivity index (χ1) is 11.3. The Labute approximate surface area is 136 Å². The summed E-state index contributed by atoms with van der Waals surface area (Å²) < 4.78 is 0. The maximum absolute atomic E-state index is 9.99. The van der Waals surface area contributed by atoms with Crippen molar-refractivity contribution in [3.05, 3.63) is 71.4 Å². The fraction of sp³-hybridized carbons (Fsp3) is 0.300. The summed E-state index contributed by atoms with van der Waals surface area (Å²) in [5.41, 5.74) is 5.13. The van der Waals surface area contributed by atoms with E-state index in [0.717, 1.165) is 13.0 Å². The van der Waals surface area contributed by atoms with Gasteiger partial charge in [-0.3, -0.25) is 4.90 Å². The Kier molecular flexibility index (Phi) is 3.68. The molecule has 2 atom stereocenters. The molecule has 3 heteroatoms. The Morgan fingerprint density at radius 3 is 2.65 bits per heavy atom. The fourth-order valence-electron chi connectivity index (χ4n) is 3.95. The summed E-state index contributed by atoms with van der Waals surface area (Å²) in [6, 6.07) is 19.2. The zero-order valence-electron chi connectivity index (χ0n) is 13.4. The van der Waals surface area contributed by atoms with Crippen molar-refractivity contribution < 1.29 is 5.11 Å². The SMILES string of the molecule is C[C@@H]1c2[nH]c3ccccc3c2CCN1[C@@H](CO)c1ccccc1. The van der Waals surface area contributed by atoms with Crippen LogP contribution in [0.25, 0.3) is 10.9 Å². The minimum Gasteiger partial charge on any atom is -0.394 e. The Hall–Kier alpha value is -2.10. The zero-order valence-corrected chi connectivity index (χ0v) is 13.4. The van der Waals surface area contributed by atoms with Gasteiger partial charge >= 0.3 is 0 Å². The van der Waals surface area contributed by atoms with E-state index < -0.39 is 0 Å². The third kappa shape index (κ3) is 2.37. The first-order valence-electron chi connectivity index (χ1n) is 8.30. The number of fused-ring (bicyclic) bond motifs is 3. The Balaban J connectivity index is 1.73. The molecule has 0 fully saturated rings. The molecule has 1 aliphatic heterocycles. The lowest BCUT2D eigenvalue weighted by atomic mass is 9.94. The highest BCUT2D eigenvalue weighted by molar-refractivity contribution is 5.85. The predicted octanol–water partition coefficient (Wildman–Crippen LogP) is 3.82. The van der Waals surface area contributed by atoms with Gasteiger partial charge in [-0.2, -0.15) is 0 Å². The highest BCUT2D eigenvalue weighted by Gasteiger charge is 2.32. The molecule has 0 saturated carbocycles. The molecule has 0 spiro atoms. The molecule has 0 radical (unpaired) electrons. The van der Waals surface area contributed by atoms with Gasteiger partial charge in [-0.25, -0.2) is 0 Å². The molecule has 2 heterocycles. The second-order valence-electron chi connectivity index (χ2n) is 6.34. The lowest BCUT2D eigenvalue weighted by molar-refractivity contribution is 0.0809. The second kappa shape index (κ2) is 5.84. The van der Waals surface area contributed by atoms with E-state index in [9.17, 15) is 5.11 Å². The number of para-hydroxylation sites is 1. The van der Waals surface area contributed by atoms with E-state index in [-0.39, 0.29) is 18.7 Å². The molecular formula is C20H22N2O. The van der Waals surface area contributed by atoms with Crippen molar-refractivity contribution in [2.24, 2.45) is 0 Å². The summed E-state index contributed by atoms with van der Waals surface area (Å²) in [6.45, 7) is 3.35. The summed E-state index contributed by atoms with van der Waals surface area (Å²) in [4.78, 5) is 6.01. The number of nitrogens with one attached hydrogen (secondary N) is 1. The van der Waals surface area contributed by atoms with E-state index in [1.807, 2.05) is 18.2 Å². The van der Waals surface area contributed by atoms with Crippen LogP contribution in [0.5, 0.6) is 0 Å². The van der Waals surface area contributed by atoms with Gasteiger partial charge in [0.1, 0.15) is 0 Å². The van der Waals surface area contributed by atoms with Crippen molar-refractivity contribution in [3.63, 3.8) is 0 Å². The Morgan fingerprint density at radius 1 is 1.13 bits per heavy atom. The Bertz CT molecular complexity index is 809. The molecule has 2 aromatic carbocycles. The van der Waals surface area contributed by atoms with Gasteiger partial charge in [0, 0.05) is 29.2 Å². The molecule has 0 bridgehead atoms. The predicted molar refractivity (Wildman–Crippen MR) is 93.4 cm³/mol. The highest BCUT2D eigenvalue weighted by Crippen LogP contribution is 2.38. The normalized spacial score (nSPS) is 19.7. The summed E-state index contributed by atoms with van der Waals surface area (Å²) in [6.07, 6.45) is 1.02. The smallest absolute Gasteiger partial charge is 0.0628 e. The van der Waals surface area contributed by atoms with E-state index in [1.165, 1.54) is 27.7 Å². The molecule has 2 N–H and O–H groups in total. The number of aliphatic hydroxyl groups is 1. The average molecular weight is 306 g/mol. The molecule has 1 aliphatic rings. The van der Waals surface area contributed by atoms with Crippen LogP contribution in [0.2, 0.25) is 0 Å². The molecule has 4 rings (SSSR count). The van der Waals surface area contributed by atoms with Gasteiger partial charge in [-0.1, -0.05) is 48.5 Å². The van der Waals surface area contributed by atoms with Crippen LogP contribution in [-0.2, 0) is 6.42 Å². The van der Waals surface area contributed by atoms with Crippen LogP contribution in [0, 0.1) is 0 Å². The second-order valence-corrected chi connectivity index (χ2v) is 6.34. The number of aliphatic hydroxyl groups excluding tert-OH is 1. The van der Waals surface area contributed by atoms with Gasteiger partial charge in [0.15, 0.2) is 0 Å². The van der Waals surface area contributed by atoms with Crippen LogP contribution < -0.4 is 0 Å². The van der Waals surface area contributed by atoms with Crippen molar-refractivity contribution in [3.8, 4) is 0 Å². The lowest BCUT2D eigenvalue weighted by Crippen LogP contribution is -2.38. The first-order valence-corrected chi connectivity index (χ1v) is 8.30. The van der Waals surface area contributed by atoms with Gasteiger partial charge < -0.3 is 10.1 Å². The molecule has 0 saturated heterocycles. The maximum atomic E-state index is 9.99. The highest BCUT2D eigenvalue weighted by atomic mass is 16.3. The van der Waals surface area contributed by atoms with E-state index >= 15 is 0 Å². The molecule has 118 valence electrons. The number of hydrogen-bond acceptors (Lipinski definition) is 2. The lowest BCUT2D eigenvalue weighted by Gasteiger charge is -2.39. The van der Waals surface area contributed by atoms with Crippen molar-refractivity contribution in [2.75, 3.05) is 13.2 Å². The number of rotatable bonds is 3. The van der Waals surface area contributed by atoms with Crippen LogP contribution >= 0.6 is 0 Å². The largest absolute Gasteiger partial charge is 0.394 e. The van der Waals surface area contributed by atoms with Crippen molar-refractivity contribution in [1.82, 2.24) is 9.88 Å². The van der Waals surface area contributed by atoms with Crippen LogP contribution in [0.3, 0.4) is 0 Å². The van der Waals surface area contributed by atoms with Gasteiger partial charge in [-0.15, -0.1) is 0 Å². The molecule has 0 unspecified atom stereocenters. The van der Waals surface area contributed by atoms with Crippen LogP contribution in [0.1, 0.15) is 35.8 Å². The third-order valence-electron chi connectivity index (χ3n) is 5.14. The topological polar surface area (TPSA) is 39.3 Å². The van der Waals surface area contributed by atoms with Gasteiger partial charge in [-0.05, 0) is 30.5 Å². The summed E-state index contributed by atoms with van der Waals surface area (Å²) in [5, 5.41) is 11.3. The zero-order chi connectivity index (χ0) is 15.8. The molecule has 23 heavy (non-hydrogen) atoms. The molecular weight excluding hydrogens is 284 g/mol. The fourth-order valence-corrected chi connectivity index (χ4v) is 3.95. The van der Waals surface area contributed by atoms with E-state index in [0.29, 0.717) is 0 Å². The van der Waals surface area contributed by atoms with Crippen LogP contribution in [0.4, 0.5) is 0 Å². The average Bonchev–Trinajstić information content (AvgIpc) is 2.98. The van der Waals surface area contributed by atoms with Crippen molar-refractivity contribution in [2.45, 2.75) is 25.4 Å². The molecule has 0 aliphatic carbocycles. The number of nitrogens with zero attached hydrogens (tertiary/aromatic N) is 1. The minimum absolute atomic E-state index is 0.0470. The van der Waals surface area contributed by atoms with Crippen molar-refractivity contribution >= 4 is 10.9 Å². The standard InChI is InChI=1S/C20H22N2O/c1-14-20-17(16-9-5-6-10-18(16)21-20)11-12-22(14)19(13-23)15-7-3-2-4-8-15/h2-10,14,19,21,23H,11-13H2,1H3/t14-,19+/m1/s1. The van der Waals surface area contributed by atoms with E-state index in [4.69, 9.17) is 0 Å². The monoisotopic (exact) mass is 306 g/mol. The van der Waals surface area contributed by atoms with Gasteiger partial charge in [0.2, 0.25) is 0 Å². The van der Waals surface area contributed by atoms with Crippen LogP contribution in [-0.4, -0.2) is 28.1 Å². The summed E-state index contributed by atoms with van der Waals surface area (Å²) in [5.74, 6) is 0. The molecule has 1 aromatic heterocycles. The number of aromatic amines is 1. The van der Waals surface area contributed by atoms with E-state index in [2.05, 4.69) is 53.2 Å². The van der Waals surface area contributed by atoms with Crippen molar-refractivity contribution in [1.29, 1.82) is 0 Å². The summed E-state index contributed by atoms with van der Waals surface area (Å²) in [7, 11) is 0. The number of hydrogen-bond donors (Lipinski definition) is 2. The Morgan fingerprint density at radius 2 is 1.87 bits per heavy atom. The van der Waals surface area contributed by atoms with E-state index in [1.54, 1.807) is 0 Å². The molecule has 3 nitrogen and oxygen atoms in total.